The standard InChI is InChI=1S/C17H34O3/c1-3-4-5-6-7-8-9-10-11-12-13-14-15-16(20-2)17(18)19/h16H,3-15H2,1-2H3,(H,18,19)/t16-/m0/s1. The molecule has 3 nitrogen and oxygen atoms in total. The van der Waals surface area contributed by atoms with Crippen LogP contribution in [0.15, 0.2) is 0 Å². The second-order valence-electron chi connectivity index (χ2n) is 5.74. The SMILES string of the molecule is CCCCCCCCCCCCCC[C@H](OC)C(=O)O. The number of rotatable bonds is 15. The second kappa shape index (κ2) is 14.8. The third-order valence-electron chi connectivity index (χ3n) is 3.88. The first-order chi connectivity index (χ1) is 9.72. The van der Waals surface area contributed by atoms with Gasteiger partial charge in [-0.15, -0.1) is 0 Å². The van der Waals surface area contributed by atoms with Gasteiger partial charge >= 0.3 is 5.97 Å². The zero-order valence-electron chi connectivity index (χ0n) is 13.5. The Hall–Kier alpha value is -0.570. The van der Waals surface area contributed by atoms with E-state index in [1.165, 1.54) is 71.3 Å². The van der Waals surface area contributed by atoms with E-state index in [0.717, 1.165) is 12.8 Å². The van der Waals surface area contributed by atoms with Gasteiger partial charge in [-0.05, 0) is 6.42 Å². The molecule has 0 heterocycles. The lowest BCUT2D eigenvalue weighted by molar-refractivity contribution is -0.148. The lowest BCUT2D eigenvalue weighted by Gasteiger charge is -2.09. The Morgan fingerprint density at radius 2 is 1.25 bits per heavy atom. The van der Waals surface area contributed by atoms with Crippen LogP contribution in [0.2, 0.25) is 0 Å². The normalized spacial score (nSPS) is 12.5. The van der Waals surface area contributed by atoms with Gasteiger partial charge in [-0.3, -0.25) is 0 Å². The van der Waals surface area contributed by atoms with Gasteiger partial charge in [0.25, 0.3) is 0 Å². The number of carbonyl (C=O) groups is 1. The van der Waals surface area contributed by atoms with Gasteiger partial charge in [0, 0.05) is 7.11 Å². The molecule has 0 fully saturated rings. The van der Waals surface area contributed by atoms with Crippen LogP contribution >= 0.6 is 0 Å². The molecule has 0 radical (unpaired) electrons. The van der Waals surface area contributed by atoms with Crippen LogP contribution in [0.3, 0.4) is 0 Å². The summed E-state index contributed by atoms with van der Waals surface area (Å²) in [6, 6.07) is 0. The van der Waals surface area contributed by atoms with Crippen molar-refractivity contribution in [2.24, 2.45) is 0 Å². The van der Waals surface area contributed by atoms with Crippen molar-refractivity contribution in [1.82, 2.24) is 0 Å². The van der Waals surface area contributed by atoms with Gasteiger partial charge < -0.3 is 9.84 Å². The highest BCUT2D eigenvalue weighted by Gasteiger charge is 2.14. The third-order valence-corrected chi connectivity index (χ3v) is 3.88. The van der Waals surface area contributed by atoms with Crippen molar-refractivity contribution in [1.29, 1.82) is 0 Å². The number of carboxylic acid groups (broad SMARTS) is 1. The Labute approximate surface area is 125 Å². The maximum Gasteiger partial charge on any atom is 0.332 e. The molecule has 0 aliphatic heterocycles. The fraction of sp³-hybridized carbons (Fsp3) is 0.941. The van der Waals surface area contributed by atoms with Crippen LogP contribution in [0, 0.1) is 0 Å². The first-order valence-corrected chi connectivity index (χ1v) is 8.48. The van der Waals surface area contributed by atoms with Crippen molar-refractivity contribution in [3.63, 3.8) is 0 Å². The van der Waals surface area contributed by atoms with E-state index in [-0.39, 0.29) is 0 Å². The third kappa shape index (κ3) is 12.5. The first-order valence-electron chi connectivity index (χ1n) is 8.48. The predicted octanol–water partition coefficient (Wildman–Crippen LogP) is 5.18. The van der Waals surface area contributed by atoms with Crippen LogP contribution in [-0.2, 0) is 9.53 Å². The highest BCUT2D eigenvalue weighted by atomic mass is 16.5. The van der Waals surface area contributed by atoms with Crippen LogP contribution in [-0.4, -0.2) is 24.3 Å². The molecule has 3 heteroatoms. The van der Waals surface area contributed by atoms with E-state index in [1.807, 2.05) is 0 Å². The molecule has 0 amide bonds. The number of hydrogen-bond donors (Lipinski definition) is 1. The van der Waals surface area contributed by atoms with Gasteiger partial charge in [0.1, 0.15) is 0 Å². The van der Waals surface area contributed by atoms with Crippen molar-refractivity contribution >= 4 is 5.97 Å². The number of unbranched alkanes of at least 4 members (excludes halogenated alkanes) is 11. The molecule has 1 N–H and O–H groups in total. The predicted molar refractivity (Wildman–Crippen MR) is 84.1 cm³/mol. The molecule has 0 saturated heterocycles. The quantitative estimate of drug-likeness (QED) is 0.422. The van der Waals surface area contributed by atoms with Crippen molar-refractivity contribution in [3.05, 3.63) is 0 Å². The van der Waals surface area contributed by atoms with Crippen LogP contribution in [0.4, 0.5) is 0 Å². The van der Waals surface area contributed by atoms with Crippen molar-refractivity contribution in [3.8, 4) is 0 Å². The molecule has 0 aromatic heterocycles. The van der Waals surface area contributed by atoms with Gasteiger partial charge in [-0.1, -0.05) is 84.0 Å². The minimum atomic E-state index is -0.837. The maximum absolute atomic E-state index is 10.7. The summed E-state index contributed by atoms with van der Waals surface area (Å²) in [5, 5.41) is 8.83. The molecule has 120 valence electrons. The summed E-state index contributed by atoms with van der Waals surface area (Å²) in [6.45, 7) is 2.26. The highest BCUT2D eigenvalue weighted by Crippen LogP contribution is 2.13. The summed E-state index contributed by atoms with van der Waals surface area (Å²) < 4.78 is 4.91. The van der Waals surface area contributed by atoms with Gasteiger partial charge in [-0.2, -0.15) is 0 Å². The number of methoxy groups -OCH3 is 1. The van der Waals surface area contributed by atoms with Crippen LogP contribution in [0.5, 0.6) is 0 Å². The number of hydrogen-bond acceptors (Lipinski definition) is 2. The van der Waals surface area contributed by atoms with Crippen LogP contribution in [0.25, 0.3) is 0 Å². The topological polar surface area (TPSA) is 46.5 Å². The summed E-state index contributed by atoms with van der Waals surface area (Å²) in [6.07, 6.45) is 15.6. The first kappa shape index (κ1) is 19.4. The number of ether oxygens (including phenoxy) is 1. The van der Waals surface area contributed by atoms with Gasteiger partial charge in [0.15, 0.2) is 6.10 Å². The zero-order chi connectivity index (χ0) is 15.1. The Balaban J connectivity index is 3.15. The number of aliphatic carboxylic acids is 1. The average molecular weight is 286 g/mol. The number of carboxylic acids is 1. The summed E-state index contributed by atoms with van der Waals surface area (Å²) in [5.74, 6) is -0.837. The Bertz CT molecular complexity index is 216. The van der Waals surface area contributed by atoms with E-state index in [9.17, 15) is 4.79 Å². The van der Waals surface area contributed by atoms with E-state index in [4.69, 9.17) is 9.84 Å². The Kier molecular flexibility index (Phi) is 14.4. The lowest BCUT2D eigenvalue weighted by atomic mass is 10.0. The summed E-state index contributed by atoms with van der Waals surface area (Å²) in [5.41, 5.74) is 0. The molecule has 0 spiro atoms. The summed E-state index contributed by atoms with van der Waals surface area (Å²) >= 11 is 0. The summed E-state index contributed by atoms with van der Waals surface area (Å²) in [7, 11) is 1.47. The molecule has 0 aliphatic carbocycles. The highest BCUT2D eigenvalue weighted by molar-refractivity contribution is 5.72. The van der Waals surface area contributed by atoms with E-state index < -0.39 is 12.1 Å². The zero-order valence-corrected chi connectivity index (χ0v) is 13.5. The van der Waals surface area contributed by atoms with Crippen molar-refractivity contribution < 1.29 is 14.6 Å². The smallest absolute Gasteiger partial charge is 0.332 e. The molecule has 0 aliphatic rings. The monoisotopic (exact) mass is 286 g/mol. The van der Waals surface area contributed by atoms with Crippen molar-refractivity contribution in [2.75, 3.05) is 7.11 Å². The molecule has 1 atom stereocenters. The molecule has 0 bridgehead atoms. The minimum Gasteiger partial charge on any atom is -0.479 e. The lowest BCUT2D eigenvalue weighted by Crippen LogP contribution is -2.21. The summed E-state index contributed by atoms with van der Waals surface area (Å²) in [4.78, 5) is 10.7. The van der Waals surface area contributed by atoms with Gasteiger partial charge in [0.2, 0.25) is 0 Å². The molecule has 20 heavy (non-hydrogen) atoms. The Morgan fingerprint density at radius 3 is 1.60 bits per heavy atom. The van der Waals surface area contributed by atoms with E-state index in [2.05, 4.69) is 6.92 Å². The maximum atomic E-state index is 10.7. The molecule has 0 saturated carbocycles. The second-order valence-corrected chi connectivity index (χ2v) is 5.74. The average Bonchev–Trinajstić information content (AvgIpc) is 2.43. The van der Waals surface area contributed by atoms with Crippen LogP contribution < -0.4 is 0 Å². The van der Waals surface area contributed by atoms with Gasteiger partial charge in [-0.25, -0.2) is 4.79 Å². The molecule has 0 rings (SSSR count). The van der Waals surface area contributed by atoms with Crippen molar-refractivity contribution in [2.45, 2.75) is 96.5 Å². The van der Waals surface area contributed by atoms with E-state index in [0.29, 0.717) is 6.42 Å². The minimum absolute atomic E-state index is 0.613. The fourth-order valence-corrected chi connectivity index (χ4v) is 2.51. The fourth-order valence-electron chi connectivity index (χ4n) is 2.51. The molecular formula is C17H34O3. The molecule has 0 aromatic rings. The largest absolute Gasteiger partial charge is 0.479 e. The van der Waals surface area contributed by atoms with E-state index >= 15 is 0 Å². The molecular weight excluding hydrogens is 252 g/mol. The Morgan fingerprint density at radius 1 is 0.850 bits per heavy atom. The van der Waals surface area contributed by atoms with Gasteiger partial charge in [0.05, 0.1) is 0 Å². The van der Waals surface area contributed by atoms with E-state index in [1.54, 1.807) is 0 Å². The van der Waals surface area contributed by atoms with Crippen LogP contribution in [0.1, 0.15) is 90.4 Å². The molecule has 0 aromatic carbocycles. The molecule has 0 unspecified atom stereocenters.